The summed E-state index contributed by atoms with van der Waals surface area (Å²) in [5, 5.41) is 3.25. The van der Waals surface area contributed by atoms with Crippen LogP contribution in [0.2, 0.25) is 5.02 Å². The second-order valence-corrected chi connectivity index (χ2v) is 10.2. The van der Waals surface area contributed by atoms with Gasteiger partial charge in [0.25, 0.3) is 0 Å². The maximum Gasteiger partial charge on any atom is 0.247 e. The van der Waals surface area contributed by atoms with Gasteiger partial charge in [0.2, 0.25) is 11.8 Å². The van der Waals surface area contributed by atoms with Crippen LogP contribution in [0.4, 0.5) is 10.1 Å². The number of amides is 2. The number of piperazine rings is 1. The number of rotatable bonds is 9. The molecule has 0 aliphatic carbocycles. The van der Waals surface area contributed by atoms with E-state index in [-0.39, 0.29) is 29.7 Å². The summed E-state index contributed by atoms with van der Waals surface area (Å²) in [6.07, 6.45) is 3.22. The number of hydrogen-bond acceptors (Lipinski definition) is 4. The summed E-state index contributed by atoms with van der Waals surface area (Å²) in [4.78, 5) is 29.3. The Morgan fingerprint density at radius 3 is 2.51 bits per heavy atom. The minimum Gasteiger partial charge on any atom is -0.375 e. The zero-order valence-corrected chi connectivity index (χ0v) is 22.9. The van der Waals surface area contributed by atoms with Crippen LogP contribution in [0.25, 0.3) is 6.08 Å². The summed E-state index contributed by atoms with van der Waals surface area (Å²) in [6.45, 7) is 6.12. The summed E-state index contributed by atoms with van der Waals surface area (Å²) >= 11 is 6.10. The first-order chi connectivity index (χ1) is 18.8. The van der Waals surface area contributed by atoms with Gasteiger partial charge in [-0.3, -0.25) is 14.5 Å². The van der Waals surface area contributed by atoms with Gasteiger partial charge in [0.1, 0.15) is 5.82 Å². The van der Waals surface area contributed by atoms with Crippen LogP contribution in [0.5, 0.6) is 0 Å². The Morgan fingerprint density at radius 2 is 1.79 bits per heavy atom. The van der Waals surface area contributed by atoms with Gasteiger partial charge in [-0.25, -0.2) is 4.39 Å². The Labute approximate surface area is 234 Å². The molecule has 6 nitrogen and oxygen atoms in total. The molecule has 39 heavy (non-hydrogen) atoms. The Bertz CT molecular complexity index is 1300. The molecule has 8 heteroatoms. The number of ether oxygens (including phenoxy) is 1. The first-order valence-electron chi connectivity index (χ1n) is 12.9. The van der Waals surface area contributed by atoms with Crippen molar-refractivity contribution in [2.75, 3.05) is 25.0 Å². The Morgan fingerprint density at radius 1 is 1.05 bits per heavy atom. The second-order valence-electron chi connectivity index (χ2n) is 9.80. The molecule has 1 aliphatic heterocycles. The molecule has 0 saturated carbocycles. The largest absolute Gasteiger partial charge is 0.375 e. The molecular formula is C31H33ClFN3O3. The van der Waals surface area contributed by atoms with Gasteiger partial charge in [0.05, 0.1) is 19.3 Å². The lowest BCUT2D eigenvalue weighted by molar-refractivity contribution is -0.135. The zero-order valence-electron chi connectivity index (χ0n) is 22.1. The number of nitrogens with zero attached hydrogens (tertiary/aromatic N) is 2. The molecule has 1 saturated heterocycles. The van der Waals surface area contributed by atoms with E-state index in [1.165, 1.54) is 25.1 Å². The average molecular weight is 550 g/mol. The summed E-state index contributed by atoms with van der Waals surface area (Å²) in [5.74, 6) is -0.621. The van der Waals surface area contributed by atoms with Crippen molar-refractivity contribution in [1.82, 2.24) is 9.80 Å². The molecule has 3 aromatic carbocycles. The molecule has 0 bridgehead atoms. The maximum atomic E-state index is 13.5. The fraction of sp³-hybridized carbons (Fsp3) is 0.290. The summed E-state index contributed by atoms with van der Waals surface area (Å²) < 4.78 is 19.5. The predicted molar refractivity (Wildman–Crippen MR) is 153 cm³/mol. The van der Waals surface area contributed by atoms with E-state index >= 15 is 0 Å². The minimum atomic E-state index is -0.261. The molecule has 2 atom stereocenters. The van der Waals surface area contributed by atoms with Crippen LogP contribution in [-0.4, -0.2) is 53.4 Å². The van der Waals surface area contributed by atoms with E-state index in [2.05, 4.69) is 17.1 Å². The first kappa shape index (κ1) is 28.5. The molecule has 3 aromatic rings. The van der Waals surface area contributed by atoms with E-state index in [1.54, 1.807) is 36.4 Å². The molecule has 1 aliphatic rings. The number of halogens is 2. The van der Waals surface area contributed by atoms with Gasteiger partial charge >= 0.3 is 0 Å². The lowest BCUT2D eigenvalue weighted by Gasteiger charge is -2.45. The quantitative estimate of drug-likeness (QED) is 0.344. The van der Waals surface area contributed by atoms with E-state index in [4.69, 9.17) is 16.3 Å². The summed E-state index contributed by atoms with van der Waals surface area (Å²) in [5.41, 5.74) is 3.30. The standard InChI is InChI=1S/C31H33ClFN3O3/c1-22-17-36(31(38)15-11-26-10-12-27(32)16-30(26)34-23(2)37)29(21-39-20-25-6-4-3-5-7-25)19-35(22)18-24-8-13-28(33)14-9-24/h3-16,22,29H,17-21H2,1-2H3,(H,34,37)/t22-,29-/m0/s1. The van der Waals surface area contributed by atoms with E-state index in [0.29, 0.717) is 49.1 Å². The highest BCUT2D eigenvalue weighted by Crippen LogP contribution is 2.24. The Hall–Kier alpha value is -3.52. The second kappa shape index (κ2) is 13.5. The Kier molecular flexibility index (Phi) is 9.87. The van der Waals surface area contributed by atoms with E-state index in [1.807, 2.05) is 35.2 Å². The number of anilines is 1. The van der Waals surface area contributed by atoms with Gasteiger partial charge in [-0.05, 0) is 54.0 Å². The highest BCUT2D eigenvalue weighted by molar-refractivity contribution is 6.31. The van der Waals surface area contributed by atoms with Gasteiger partial charge in [0.15, 0.2) is 0 Å². The molecule has 1 fully saturated rings. The maximum absolute atomic E-state index is 13.5. The lowest BCUT2D eigenvalue weighted by Crippen LogP contribution is -2.59. The third-order valence-electron chi connectivity index (χ3n) is 6.71. The predicted octanol–water partition coefficient (Wildman–Crippen LogP) is 5.77. The molecule has 0 aromatic heterocycles. The first-order valence-corrected chi connectivity index (χ1v) is 13.3. The highest BCUT2D eigenvalue weighted by Gasteiger charge is 2.33. The number of benzene rings is 3. The monoisotopic (exact) mass is 549 g/mol. The zero-order chi connectivity index (χ0) is 27.8. The SMILES string of the molecule is CC(=O)Nc1cc(Cl)ccc1C=CC(=O)N1C[C@H](C)N(Cc2ccc(F)cc2)C[C@H]1COCc1ccccc1. The van der Waals surface area contributed by atoms with E-state index in [0.717, 1.165) is 11.1 Å². The molecule has 2 amide bonds. The molecule has 204 valence electrons. The van der Waals surface area contributed by atoms with Gasteiger partial charge in [-0.1, -0.05) is 60.1 Å². The van der Waals surface area contributed by atoms with Crippen molar-refractivity contribution in [3.8, 4) is 0 Å². The average Bonchev–Trinajstić information content (AvgIpc) is 2.91. The third kappa shape index (κ3) is 8.23. The van der Waals surface area contributed by atoms with Gasteiger partial charge < -0.3 is 15.0 Å². The summed E-state index contributed by atoms with van der Waals surface area (Å²) in [6, 6.07) is 21.5. The van der Waals surface area contributed by atoms with Crippen LogP contribution in [0.15, 0.2) is 78.9 Å². The molecule has 1 N–H and O–H groups in total. The van der Waals surface area contributed by atoms with Crippen LogP contribution in [0, 0.1) is 5.82 Å². The lowest BCUT2D eigenvalue weighted by atomic mass is 10.1. The number of hydrogen-bond donors (Lipinski definition) is 1. The van der Waals surface area contributed by atoms with E-state index < -0.39 is 0 Å². The van der Waals surface area contributed by atoms with E-state index in [9.17, 15) is 14.0 Å². The van der Waals surface area contributed by atoms with Crippen LogP contribution in [-0.2, 0) is 27.5 Å². The van der Waals surface area contributed by atoms with Gasteiger partial charge in [-0.2, -0.15) is 0 Å². The highest BCUT2D eigenvalue weighted by atomic mass is 35.5. The molecule has 4 rings (SSSR count). The molecular weight excluding hydrogens is 517 g/mol. The van der Waals surface area contributed by atoms with Crippen LogP contribution >= 0.6 is 11.6 Å². The number of carbonyl (C=O) groups excluding carboxylic acids is 2. The van der Waals surface area contributed by atoms with Crippen molar-refractivity contribution in [3.05, 3.63) is 106 Å². The normalized spacial score (nSPS) is 17.9. The minimum absolute atomic E-state index is 0.0863. The van der Waals surface area contributed by atoms with Crippen molar-refractivity contribution < 1.29 is 18.7 Å². The van der Waals surface area contributed by atoms with Crippen molar-refractivity contribution in [1.29, 1.82) is 0 Å². The Balaban J connectivity index is 1.50. The van der Waals surface area contributed by atoms with Crippen molar-refractivity contribution in [3.63, 3.8) is 0 Å². The smallest absolute Gasteiger partial charge is 0.247 e. The number of carbonyl (C=O) groups is 2. The van der Waals surface area contributed by atoms with Crippen LogP contribution in [0.1, 0.15) is 30.5 Å². The van der Waals surface area contributed by atoms with Gasteiger partial charge in [-0.15, -0.1) is 0 Å². The van der Waals surface area contributed by atoms with Crippen molar-refractivity contribution in [2.45, 2.75) is 39.1 Å². The summed E-state index contributed by atoms with van der Waals surface area (Å²) in [7, 11) is 0. The van der Waals surface area contributed by atoms with Crippen molar-refractivity contribution in [2.24, 2.45) is 0 Å². The molecule has 1 heterocycles. The van der Waals surface area contributed by atoms with Gasteiger partial charge in [0, 0.05) is 49.4 Å². The van der Waals surface area contributed by atoms with Crippen LogP contribution in [0.3, 0.4) is 0 Å². The molecule has 0 radical (unpaired) electrons. The third-order valence-corrected chi connectivity index (χ3v) is 6.94. The number of nitrogens with one attached hydrogen (secondary N) is 1. The topological polar surface area (TPSA) is 61.9 Å². The van der Waals surface area contributed by atoms with Crippen LogP contribution < -0.4 is 5.32 Å². The molecule has 0 spiro atoms. The fourth-order valence-corrected chi connectivity index (χ4v) is 4.84. The molecule has 0 unspecified atom stereocenters. The van der Waals surface area contributed by atoms with Crippen molar-refractivity contribution >= 4 is 35.2 Å². The fourth-order valence-electron chi connectivity index (χ4n) is 4.67.